The van der Waals surface area contributed by atoms with Gasteiger partial charge in [0.2, 0.25) is 0 Å². The van der Waals surface area contributed by atoms with E-state index < -0.39 is 24.4 Å². The molecule has 2 aromatic rings. The number of nitrogen functional groups attached to an aromatic ring is 1. The molecule has 8 nitrogen and oxygen atoms in total. The van der Waals surface area contributed by atoms with Crippen LogP contribution in [0.25, 0.3) is 11.2 Å². The fourth-order valence-electron chi connectivity index (χ4n) is 2.50. The Bertz CT molecular complexity index is 681. The SMILES string of the molecule is CC(O)C1=CC(n2cnc3c(N)ncnc32)C(O)C1O. The third kappa shape index (κ3) is 1.77. The molecule has 2 aromatic heterocycles. The molecule has 0 amide bonds. The molecule has 0 saturated heterocycles. The van der Waals surface area contributed by atoms with Gasteiger partial charge >= 0.3 is 0 Å². The van der Waals surface area contributed by atoms with Gasteiger partial charge in [0.1, 0.15) is 24.1 Å². The van der Waals surface area contributed by atoms with Crippen LogP contribution in [0.15, 0.2) is 24.3 Å². The largest absolute Gasteiger partial charge is 0.389 e. The molecule has 0 spiro atoms. The second-order valence-corrected chi connectivity index (χ2v) is 4.85. The molecule has 0 bridgehead atoms. The third-order valence-corrected chi connectivity index (χ3v) is 3.57. The minimum absolute atomic E-state index is 0.251. The summed E-state index contributed by atoms with van der Waals surface area (Å²) in [7, 11) is 0. The number of rotatable bonds is 2. The third-order valence-electron chi connectivity index (χ3n) is 3.57. The number of nitrogens with zero attached hydrogens (tertiary/aromatic N) is 4. The van der Waals surface area contributed by atoms with E-state index in [0.29, 0.717) is 16.7 Å². The molecule has 106 valence electrons. The molecule has 8 heteroatoms. The first kappa shape index (κ1) is 13.0. The lowest BCUT2D eigenvalue weighted by molar-refractivity contribution is 0.0237. The molecule has 1 aliphatic rings. The van der Waals surface area contributed by atoms with Gasteiger partial charge in [-0.2, -0.15) is 0 Å². The Hall–Kier alpha value is -2.03. The van der Waals surface area contributed by atoms with Crippen molar-refractivity contribution in [3.8, 4) is 0 Å². The van der Waals surface area contributed by atoms with Crippen LogP contribution in [0.5, 0.6) is 0 Å². The van der Waals surface area contributed by atoms with E-state index in [4.69, 9.17) is 5.73 Å². The van der Waals surface area contributed by atoms with E-state index in [1.54, 1.807) is 10.6 Å². The minimum Gasteiger partial charge on any atom is -0.389 e. The Kier molecular flexibility index (Phi) is 2.93. The van der Waals surface area contributed by atoms with E-state index in [-0.39, 0.29) is 5.82 Å². The maximum absolute atomic E-state index is 10.1. The first-order valence-electron chi connectivity index (χ1n) is 6.19. The van der Waals surface area contributed by atoms with Gasteiger partial charge in [-0.25, -0.2) is 15.0 Å². The smallest absolute Gasteiger partial charge is 0.166 e. The molecule has 5 N–H and O–H groups in total. The normalized spacial score (nSPS) is 27.8. The van der Waals surface area contributed by atoms with E-state index in [1.807, 2.05) is 0 Å². The Morgan fingerprint density at radius 2 is 2.05 bits per heavy atom. The highest BCUT2D eigenvalue weighted by molar-refractivity contribution is 5.81. The number of nitrogens with two attached hydrogens (primary N) is 1. The number of aromatic nitrogens is 4. The maximum atomic E-state index is 10.1. The molecule has 0 aliphatic heterocycles. The molecule has 4 unspecified atom stereocenters. The van der Waals surface area contributed by atoms with Crippen LogP contribution >= 0.6 is 0 Å². The monoisotopic (exact) mass is 277 g/mol. The Morgan fingerprint density at radius 3 is 2.70 bits per heavy atom. The molecule has 0 aromatic carbocycles. The van der Waals surface area contributed by atoms with Crippen molar-refractivity contribution in [2.24, 2.45) is 0 Å². The van der Waals surface area contributed by atoms with Gasteiger partial charge in [0.05, 0.1) is 18.5 Å². The number of hydrogen-bond donors (Lipinski definition) is 4. The van der Waals surface area contributed by atoms with Gasteiger partial charge in [-0.05, 0) is 12.5 Å². The fourth-order valence-corrected chi connectivity index (χ4v) is 2.50. The number of fused-ring (bicyclic) bond motifs is 1. The predicted octanol–water partition coefficient (Wildman–Crippen LogP) is -1.01. The lowest BCUT2D eigenvalue weighted by Gasteiger charge is -2.19. The Labute approximate surface area is 114 Å². The number of aliphatic hydroxyl groups is 3. The molecular weight excluding hydrogens is 262 g/mol. The molecule has 20 heavy (non-hydrogen) atoms. The van der Waals surface area contributed by atoms with Crippen molar-refractivity contribution in [3.63, 3.8) is 0 Å². The van der Waals surface area contributed by atoms with Gasteiger partial charge in [-0.1, -0.05) is 6.08 Å². The molecule has 2 heterocycles. The zero-order chi connectivity index (χ0) is 14.4. The minimum atomic E-state index is -1.11. The van der Waals surface area contributed by atoms with Crippen molar-refractivity contribution in [2.45, 2.75) is 31.3 Å². The Balaban J connectivity index is 2.10. The van der Waals surface area contributed by atoms with Gasteiger partial charge in [-0.15, -0.1) is 0 Å². The topological polar surface area (TPSA) is 130 Å². The predicted molar refractivity (Wildman–Crippen MR) is 70.5 cm³/mol. The van der Waals surface area contributed by atoms with Crippen LogP contribution in [-0.2, 0) is 0 Å². The van der Waals surface area contributed by atoms with E-state index >= 15 is 0 Å². The summed E-state index contributed by atoms with van der Waals surface area (Å²) in [5, 5.41) is 29.7. The van der Waals surface area contributed by atoms with Crippen molar-refractivity contribution < 1.29 is 15.3 Å². The van der Waals surface area contributed by atoms with E-state index in [1.165, 1.54) is 19.6 Å². The first-order valence-corrected chi connectivity index (χ1v) is 6.19. The number of aliphatic hydroxyl groups excluding tert-OH is 3. The van der Waals surface area contributed by atoms with E-state index in [9.17, 15) is 15.3 Å². The van der Waals surface area contributed by atoms with Crippen molar-refractivity contribution in [1.82, 2.24) is 19.5 Å². The highest BCUT2D eigenvalue weighted by atomic mass is 16.3. The average molecular weight is 277 g/mol. The standard InChI is InChI=1S/C12H15N5O3/c1-5(18)6-2-7(10(20)9(6)19)17-4-16-8-11(13)14-3-15-12(8)17/h2-5,7,9-10,18-20H,1H3,(H2,13,14,15). The zero-order valence-electron chi connectivity index (χ0n) is 10.7. The van der Waals surface area contributed by atoms with Gasteiger partial charge in [-0.3, -0.25) is 0 Å². The maximum Gasteiger partial charge on any atom is 0.166 e. The number of hydrogen-bond acceptors (Lipinski definition) is 7. The van der Waals surface area contributed by atoms with Crippen LogP contribution in [0.4, 0.5) is 5.82 Å². The quantitative estimate of drug-likeness (QED) is 0.517. The number of anilines is 1. The summed E-state index contributed by atoms with van der Waals surface area (Å²) in [6, 6.07) is -0.561. The lowest BCUT2D eigenvalue weighted by Crippen LogP contribution is -2.31. The summed E-state index contributed by atoms with van der Waals surface area (Å²) < 4.78 is 1.61. The van der Waals surface area contributed by atoms with Gasteiger partial charge in [0, 0.05) is 0 Å². The Morgan fingerprint density at radius 1 is 1.30 bits per heavy atom. The second-order valence-electron chi connectivity index (χ2n) is 4.85. The fraction of sp³-hybridized carbons (Fsp3) is 0.417. The van der Waals surface area contributed by atoms with Crippen molar-refractivity contribution >= 4 is 17.0 Å². The van der Waals surface area contributed by atoms with Crippen LogP contribution in [0.2, 0.25) is 0 Å². The zero-order valence-corrected chi connectivity index (χ0v) is 10.7. The van der Waals surface area contributed by atoms with Crippen molar-refractivity contribution in [3.05, 3.63) is 24.3 Å². The molecule has 0 saturated carbocycles. The van der Waals surface area contributed by atoms with Crippen LogP contribution in [-0.4, -0.2) is 53.2 Å². The van der Waals surface area contributed by atoms with Crippen molar-refractivity contribution in [1.29, 1.82) is 0 Å². The van der Waals surface area contributed by atoms with Crippen LogP contribution < -0.4 is 5.73 Å². The van der Waals surface area contributed by atoms with Crippen LogP contribution in [0, 0.1) is 0 Å². The molecule has 0 fully saturated rings. The van der Waals surface area contributed by atoms with E-state index in [0.717, 1.165) is 0 Å². The molecular formula is C12H15N5O3. The van der Waals surface area contributed by atoms with E-state index in [2.05, 4.69) is 15.0 Å². The van der Waals surface area contributed by atoms with Gasteiger partial charge in [0.15, 0.2) is 11.5 Å². The molecule has 0 radical (unpaired) electrons. The average Bonchev–Trinajstić information content (AvgIpc) is 2.94. The van der Waals surface area contributed by atoms with Crippen molar-refractivity contribution in [2.75, 3.05) is 5.73 Å². The second kappa shape index (κ2) is 4.51. The summed E-state index contributed by atoms with van der Waals surface area (Å²) in [5.41, 5.74) is 7.00. The highest BCUT2D eigenvalue weighted by Crippen LogP contribution is 2.33. The summed E-state index contributed by atoms with van der Waals surface area (Å²) in [6.07, 6.45) is 1.40. The number of imidazole rings is 1. The molecule has 3 rings (SSSR count). The summed E-state index contributed by atoms with van der Waals surface area (Å²) >= 11 is 0. The summed E-state index contributed by atoms with van der Waals surface area (Å²) in [5.74, 6) is 0.251. The van der Waals surface area contributed by atoms with Crippen LogP contribution in [0.3, 0.4) is 0 Å². The summed E-state index contributed by atoms with van der Waals surface area (Å²) in [4.78, 5) is 12.1. The highest BCUT2D eigenvalue weighted by Gasteiger charge is 2.38. The van der Waals surface area contributed by atoms with Crippen LogP contribution in [0.1, 0.15) is 13.0 Å². The molecule has 4 atom stereocenters. The summed E-state index contributed by atoms with van der Waals surface area (Å²) in [6.45, 7) is 1.54. The lowest BCUT2D eigenvalue weighted by atomic mass is 10.1. The van der Waals surface area contributed by atoms with Gasteiger partial charge in [0.25, 0.3) is 0 Å². The molecule has 1 aliphatic carbocycles. The first-order chi connectivity index (χ1) is 9.50. The van der Waals surface area contributed by atoms with Gasteiger partial charge < -0.3 is 25.6 Å².